The summed E-state index contributed by atoms with van der Waals surface area (Å²) in [6, 6.07) is 0. The van der Waals surface area contributed by atoms with Crippen LogP contribution in [0.25, 0.3) is 0 Å². The van der Waals surface area contributed by atoms with E-state index in [0.29, 0.717) is 6.42 Å². The number of aliphatic hydroxyl groups is 1. The first-order chi connectivity index (χ1) is 11.2. The van der Waals surface area contributed by atoms with Crippen LogP contribution < -0.4 is 0 Å². The average Bonchev–Trinajstić information content (AvgIpc) is 2.52. The first kappa shape index (κ1) is 21.4. The second-order valence-corrected chi connectivity index (χ2v) is 5.67. The average molecular weight is 316 g/mol. The van der Waals surface area contributed by atoms with E-state index >= 15 is 0 Å². The third kappa shape index (κ3) is 18.4. The van der Waals surface area contributed by atoms with Gasteiger partial charge in [-0.05, 0) is 32.6 Å². The predicted octanol–water partition coefficient (Wildman–Crippen LogP) is 5.14. The van der Waals surface area contributed by atoms with Gasteiger partial charge in [-0.15, -0.1) is 5.92 Å². The zero-order valence-corrected chi connectivity index (χ0v) is 14.8. The Morgan fingerprint density at radius 3 is 2.43 bits per heavy atom. The van der Waals surface area contributed by atoms with Crippen LogP contribution in [-0.2, 0) is 4.79 Å². The number of unbranched alkanes of at least 4 members (excludes halogenated alkanes) is 2. The van der Waals surface area contributed by atoms with Crippen LogP contribution >= 0.6 is 0 Å². The van der Waals surface area contributed by atoms with Gasteiger partial charge in [-0.1, -0.05) is 62.1 Å². The van der Waals surface area contributed by atoms with E-state index in [1.807, 2.05) is 12.2 Å². The van der Waals surface area contributed by atoms with Crippen molar-refractivity contribution in [1.29, 1.82) is 0 Å². The van der Waals surface area contributed by atoms with E-state index in [0.717, 1.165) is 51.4 Å². The smallest absolute Gasteiger partial charge is 0.129 e. The minimum Gasteiger partial charge on any atom is -0.389 e. The Hall–Kier alpha value is -1.59. The zero-order chi connectivity index (χ0) is 17.2. The second-order valence-electron chi connectivity index (χ2n) is 5.67. The quantitative estimate of drug-likeness (QED) is 0.307. The number of carbonyl (C=O) groups excluding carboxylic acids is 1. The summed E-state index contributed by atoms with van der Waals surface area (Å²) in [6.07, 6.45) is 20.0. The van der Waals surface area contributed by atoms with Crippen molar-refractivity contribution in [2.45, 2.75) is 77.7 Å². The molecule has 128 valence electrons. The fourth-order valence-electron chi connectivity index (χ4n) is 1.92. The highest BCUT2D eigenvalue weighted by molar-refractivity contribution is 5.75. The summed E-state index contributed by atoms with van der Waals surface area (Å²) in [5.74, 6) is 6.41. The Morgan fingerprint density at radius 1 is 1.04 bits per heavy atom. The van der Waals surface area contributed by atoms with E-state index in [1.54, 1.807) is 6.92 Å². The van der Waals surface area contributed by atoms with E-state index in [4.69, 9.17) is 0 Å². The molecule has 0 saturated carbocycles. The third-order valence-electron chi connectivity index (χ3n) is 3.26. The summed E-state index contributed by atoms with van der Waals surface area (Å²) < 4.78 is 0. The predicted molar refractivity (Wildman–Crippen MR) is 99.1 cm³/mol. The van der Waals surface area contributed by atoms with Gasteiger partial charge in [-0.2, -0.15) is 0 Å². The molecule has 23 heavy (non-hydrogen) atoms. The summed E-state index contributed by atoms with van der Waals surface area (Å²) in [7, 11) is 0. The number of hydrogen-bond donors (Lipinski definition) is 1. The number of allylic oxidation sites excluding steroid dienone is 5. The zero-order valence-electron chi connectivity index (χ0n) is 14.8. The molecule has 0 bridgehead atoms. The Bertz CT molecular complexity index is 432. The first-order valence-electron chi connectivity index (χ1n) is 8.76. The molecule has 0 aromatic rings. The van der Waals surface area contributed by atoms with Gasteiger partial charge in [0.05, 0.1) is 6.10 Å². The number of hydrogen-bond acceptors (Lipinski definition) is 2. The summed E-state index contributed by atoms with van der Waals surface area (Å²) >= 11 is 0. The maximum absolute atomic E-state index is 10.7. The fraction of sp³-hybridized carbons (Fsp3) is 0.571. The molecule has 0 fully saturated rings. The summed E-state index contributed by atoms with van der Waals surface area (Å²) in [4.78, 5) is 10.7. The molecule has 0 aliphatic rings. The molecule has 0 rings (SSSR count). The molecule has 1 N–H and O–H groups in total. The molecule has 0 unspecified atom stereocenters. The van der Waals surface area contributed by atoms with Gasteiger partial charge in [-0.25, -0.2) is 0 Å². The topological polar surface area (TPSA) is 37.3 Å². The van der Waals surface area contributed by atoms with Gasteiger partial charge in [0.15, 0.2) is 0 Å². The van der Waals surface area contributed by atoms with Crippen LogP contribution in [0.5, 0.6) is 0 Å². The highest BCUT2D eigenvalue weighted by atomic mass is 16.3. The largest absolute Gasteiger partial charge is 0.389 e. The van der Waals surface area contributed by atoms with Gasteiger partial charge in [-0.3, -0.25) is 0 Å². The standard InChI is InChI=1S/C21H32O2/c1-3-4-18-21(23)19-16-14-12-10-8-6-5-7-9-11-13-15-17-20(2)22/h5-6,10,12,16,19,21,23H,3-4,7-8,13-15,17-18H2,1-2H3/t21-/m1/s1. The van der Waals surface area contributed by atoms with Crippen molar-refractivity contribution in [3.63, 3.8) is 0 Å². The van der Waals surface area contributed by atoms with E-state index in [9.17, 15) is 9.90 Å². The molecule has 0 aromatic carbocycles. The Kier molecular flexibility index (Phi) is 15.6. The van der Waals surface area contributed by atoms with Gasteiger partial charge >= 0.3 is 0 Å². The first-order valence-corrected chi connectivity index (χ1v) is 8.76. The maximum atomic E-state index is 10.7. The van der Waals surface area contributed by atoms with Gasteiger partial charge in [0, 0.05) is 19.3 Å². The van der Waals surface area contributed by atoms with Crippen molar-refractivity contribution in [1.82, 2.24) is 0 Å². The monoisotopic (exact) mass is 316 g/mol. The van der Waals surface area contributed by atoms with Crippen LogP contribution in [-0.4, -0.2) is 17.0 Å². The number of ketones is 1. The lowest BCUT2D eigenvalue weighted by molar-refractivity contribution is -0.117. The lowest BCUT2D eigenvalue weighted by Crippen LogP contribution is -2.00. The molecule has 2 nitrogen and oxygen atoms in total. The van der Waals surface area contributed by atoms with Gasteiger partial charge in [0.25, 0.3) is 0 Å². The molecule has 0 amide bonds. The molecule has 0 aromatic heterocycles. The SMILES string of the molecule is CCCC[C@@H](O)C=CCC=CCC=CCC#CCCCC(C)=O. The lowest BCUT2D eigenvalue weighted by atomic mass is 10.1. The molecule has 0 heterocycles. The molecule has 2 heteroatoms. The van der Waals surface area contributed by atoms with Crippen molar-refractivity contribution in [3.05, 3.63) is 36.5 Å². The molecular formula is C21H32O2. The van der Waals surface area contributed by atoms with E-state index in [-0.39, 0.29) is 11.9 Å². The molecular weight excluding hydrogens is 284 g/mol. The molecule has 0 radical (unpaired) electrons. The van der Waals surface area contributed by atoms with Crippen LogP contribution in [0, 0.1) is 11.8 Å². The van der Waals surface area contributed by atoms with Crippen molar-refractivity contribution in [2.24, 2.45) is 0 Å². The molecule has 0 aliphatic carbocycles. The van der Waals surface area contributed by atoms with Crippen molar-refractivity contribution < 1.29 is 9.90 Å². The molecule has 0 aliphatic heterocycles. The molecule has 0 saturated heterocycles. The maximum Gasteiger partial charge on any atom is 0.129 e. The number of Topliss-reactive ketones (excluding diaryl/α,β-unsaturated/α-hetero) is 1. The highest BCUT2D eigenvalue weighted by Gasteiger charge is 1.95. The van der Waals surface area contributed by atoms with E-state index in [2.05, 4.69) is 43.1 Å². The fourth-order valence-corrected chi connectivity index (χ4v) is 1.92. The van der Waals surface area contributed by atoms with E-state index < -0.39 is 0 Å². The van der Waals surface area contributed by atoms with Crippen LogP contribution in [0.1, 0.15) is 71.6 Å². The van der Waals surface area contributed by atoms with Crippen LogP contribution in [0.15, 0.2) is 36.5 Å². The van der Waals surface area contributed by atoms with Crippen LogP contribution in [0.3, 0.4) is 0 Å². The van der Waals surface area contributed by atoms with Gasteiger partial charge in [0.2, 0.25) is 0 Å². The Balaban J connectivity index is 3.57. The van der Waals surface area contributed by atoms with Gasteiger partial charge < -0.3 is 9.90 Å². The minimum absolute atomic E-state index is 0.240. The summed E-state index contributed by atoms with van der Waals surface area (Å²) in [6.45, 7) is 3.75. The summed E-state index contributed by atoms with van der Waals surface area (Å²) in [5, 5.41) is 9.63. The minimum atomic E-state index is -0.294. The molecule has 0 spiro atoms. The summed E-state index contributed by atoms with van der Waals surface area (Å²) in [5.41, 5.74) is 0. The van der Waals surface area contributed by atoms with Crippen LogP contribution in [0.2, 0.25) is 0 Å². The highest BCUT2D eigenvalue weighted by Crippen LogP contribution is 2.02. The second kappa shape index (κ2) is 16.8. The van der Waals surface area contributed by atoms with Crippen LogP contribution in [0.4, 0.5) is 0 Å². The number of aliphatic hydroxyl groups excluding tert-OH is 1. The normalized spacial score (nSPS) is 12.8. The van der Waals surface area contributed by atoms with Gasteiger partial charge in [0.1, 0.15) is 5.78 Å². The molecule has 1 atom stereocenters. The van der Waals surface area contributed by atoms with Crippen molar-refractivity contribution in [2.75, 3.05) is 0 Å². The number of rotatable bonds is 12. The van der Waals surface area contributed by atoms with Crippen molar-refractivity contribution in [3.8, 4) is 11.8 Å². The Morgan fingerprint density at radius 2 is 1.74 bits per heavy atom. The van der Waals surface area contributed by atoms with E-state index in [1.165, 1.54) is 0 Å². The number of carbonyl (C=O) groups is 1. The third-order valence-corrected chi connectivity index (χ3v) is 3.26. The Labute approximate surface area is 142 Å². The van der Waals surface area contributed by atoms with Crippen molar-refractivity contribution >= 4 is 5.78 Å². The lowest BCUT2D eigenvalue weighted by Gasteiger charge is -2.02.